The lowest BCUT2D eigenvalue weighted by Crippen LogP contribution is -2.59. The second-order valence-electron chi connectivity index (χ2n) is 13.1. The Balaban J connectivity index is 1.82. The van der Waals surface area contributed by atoms with Crippen molar-refractivity contribution in [3.05, 3.63) is 12.2 Å². The molecule has 2 saturated carbocycles. The van der Waals surface area contributed by atoms with E-state index in [1.807, 2.05) is 34.6 Å². The topological polar surface area (TPSA) is 168 Å². The molecule has 40 heavy (non-hydrogen) atoms. The van der Waals surface area contributed by atoms with E-state index in [4.69, 9.17) is 5.73 Å². The van der Waals surface area contributed by atoms with Gasteiger partial charge >= 0.3 is 6.03 Å². The van der Waals surface area contributed by atoms with Gasteiger partial charge in [0.15, 0.2) is 5.78 Å². The standard InChI is InChI=1S/C29H45N5O6/c1-7-9-17(35)12-13-19(32-27(40)33-28(2,3)4)26(39)34-15-18-21(29(18,5)6)22(34)25(38)31-20(23(36)24(30)37)14-16-10-8-11-16/h7,9,16,18-22H,8,10-15H2,1-6H3,(H2,30,37)(H,31,38)(H2,32,33,40)/b9-7+/t18-,19-,20?,21-,22-/m0/s1. The molecule has 1 unspecified atom stereocenters. The summed E-state index contributed by atoms with van der Waals surface area (Å²) in [5.74, 6) is -2.94. The van der Waals surface area contributed by atoms with Gasteiger partial charge in [0.1, 0.15) is 12.1 Å². The van der Waals surface area contributed by atoms with Crippen molar-refractivity contribution in [3.63, 3.8) is 0 Å². The molecule has 1 heterocycles. The zero-order valence-corrected chi connectivity index (χ0v) is 24.5. The van der Waals surface area contributed by atoms with E-state index in [0.29, 0.717) is 13.0 Å². The molecule has 1 aliphatic heterocycles. The first kappa shape index (κ1) is 31.3. The molecule has 3 aliphatic rings. The second-order valence-corrected chi connectivity index (χ2v) is 13.1. The number of Topliss-reactive ketones (excluding diaryl/α,β-unsaturated/α-hetero) is 1. The number of carbonyl (C=O) groups excluding carboxylic acids is 6. The Morgan fingerprint density at radius 2 is 1.70 bits per heavy atom. The normalized spacial score (nSPS) is 24.9. The predicted molar refractivity (Wildman–Crippen MR) is 149 cm³/mol. The molecule has 1 saturated heterocycles. The molecule has 11 heteroatoms. The largest absolute Gasteiger partial charge is 0.363 e. The number of nitrogens with one attached hydrogen (secondary N) is 3. The van der Waals surface area contributed by atoms with Gasteiger partial charge in [-0.3, -0.25) is 24.0 Å². The number of primary amides is 1. The minimum Gasteiger partial charge on any atom is -0.363 e. The summed E-state index contributed by atoms with van der Waals surface area (Å²) in [6.07, 6.45) is 6.33. The predicted octanol–water partition coefficient (Wildman–Crippen LogP) is 1.59. The van der Waals surface area contributed by atoms with Gasteiger partial charge in [-0.05, 0) is 69.8 Å². The Morgan fingerprint density at radius 1 is 1.05 bits per heavy atom. The van der Waals surface area contributed by atoms with Crippen LogP contribution in [0.3, 0.4) is 0 Å². The molecule has 222 valence electrons. The van der Waals surface area contributed by atoms with Crippen LogP contribution in [0.15, 0.2) is 12.2 Å². The summed E-state index contributed by atoms with van der Waals surface area (Å²) in [7, 11) is 0. The van der Waals surface area contributed by atoms with Gasteiger partial charge in [-0.15, -0.1) is 0 Å². The summed E-state index contributed by atoms with van der Waals surface area (Å²) in [6, 6.07) is -3.51. The fourth-order valence-corrected chi connectivity index (χ4v) is 6.08. The van der Waals surface area contributed by atoms with Crippen molar-refractivity contribution >= 4 is 35.3 Å². The molecule has 5 atom stereocenters. The first-order valence-corrected chi connectivity index (χ1v) is 14.3. The van der Waals surface area contributed by atoms with Gasteiger partial charge in [0.2, 0.25) is 17.6 Å². The third-order valence-corrected chi connectivity index (χ3v) is 8.55. The number of hydrogen-bond donors (Lipinski definition) is 4. The van der Waals surface area contributed by atoms with Crippen molar-refractivity contribution in [1.29, 1.82) is 0 Å². The molecule has 3 rings (SSSR count). The van der Waals surface area contributed by atoms with Gasteiger partial charge in [-0.1, -0.05) is 39.2 Å². The van der Waals surface area contributed by atoms with E-state index in [-0.39, 0.29) is 41.8 Å². The molecule has 0 aromatic carbocycles. The number of urea groups is 1. The highest BCUT2D eigenvalue weighted by molar-refractivity contribution is 6.37. The first-order valence-electron chi connectivity index (χ1n) is 14.3. The SMILES string of the molecule is C/C=C/C(=O)CC[C@H](NC(=O)NC(C)(C)C)C(=O)N1C[C@H]2[C@@H]([C@H]1C(=O)NC(CC1CCC1)C(=O)C(N)=O)C2(C)C. The molecule has 0 radical (unpaired) electrons. The van der Waals surface area contributed by atoms with E-state index in [1.165, 1.54) is 11.0 Å². The number of nitrogens with zero attached hydrogens (tertiary/aromatic N) is 1. The van der Waals surface area contributed by atoms with Crippen LogP contribution in [-0.4, -0.2) is 70.4 Å². The molecule has 5 N–H and O–H groups in total. The number of piperidine rings is 1. The summed E-state index contributed by atoms with van der Waals surface area (Å²) in [6.45, 7) is 11.5. The number of amides is 5. The lowest BCUT2D eigenvalue weighted by molar-refractivity contribution is -0.144. The Morgan fingerprint density at radius 3 is 2.23 bits per heavy atom. The van der Waals surface area contributed by atoms with Crippen LogP contribution >= 0.6 is 0 Å². The van der Waals surface area contributed by atoms with Gasteiger partial charge in [-0.2, -0.15) is 0 Å². The molecule has 0 bridgehead atoms. The number of rotatable bonds is 12. The Hall–Kier alpha value is -3.24. The van der Waals surface area contributed by atoms with Gasteiger partial charge in [0.25, 0.3) is 5.91 Å². The van der Waals surface area contributed by atoms with Gasteiger partial charge in [-0.25, -0.2) is 4.79 Å². The molecular weight excluding hydrogens is 514 g/mol. The van der Waals surface area contributed by atoms with Crippen molar-refractivity contribution in [2.45, 2.75) is 104 Å². The van der Waals surface area contributed by atoms with E-state index >= 15 is 0 Å². The lowest BCUT2D eigenvalue weighted by atomic mass is 9.80. The molecule has 11 nitrogen and oxygen atoms in total. The number of fused-ring (bicyclic) bond motifs is 1. The van der Waals surface area contributed by atoms with Crippen molar-refractivity contribution < 1.29 is 28.8 Å². The van der Waals surface area contributed by atoms with Crippen LogP contribution in [0.5, 0.6) is 0 Å². The zero-order chi connectivity index (χ0) is 30.0. The van der Waals surface area contributed by atoms with Crippen molar-refractivity contribution in [2.24, 2.45) is 28.9 Å². The smallest absolute Gasteiger partial charge is 0.315 e. The maximum absolute atomic E-state index is 13.9. The number of hydrogen-bond acceptors (Lipinski definition) is 6. The van der Waals surface area contributed by atoms with Crippen LogP contribution in [-0.2, 0) is 24.0 Å². The monoisotopic (exact) mass is 559 g/mol. The van der Waals surface area contributed by atoms with E-state index in [0.717, 1.165) is 19.3 Å². The van der Waals surface area contributed by atoms with E-state index in [9.17, 15) is 28.8 Å². The summed E-state index contributed by atoms with van der Waals surface area (Å²) < 4.78 is 0. The number of likely N-dealkylation sites (tertiary alicyclic amines) is 1. The van der Waals surface area contributed by atoms with E-state index in [2.05, 4.69) is 16.0 Å². The van der Waals surface area contributed by atoms with Crippen LogP contribution in [0.25, 0.3) is 0 Å². The quantitative estimate of drug-likeness (QED) is 0.209. The highest BCUT2D eigenvalue weighted by Gasteiger charge is 2.69. The lowest BCUT2D eigenvalue weighted by Gasteiger charge is -2.35. The van der Waals surface area contributed by atoms with Crippen LogP contribution < -0.4 is 21.7 Å². The number of nitrogens with two attached hydrogens (primary N) is 1. The minimum atomic E-state index is -1.10. The molecule has 0 aromatic heterocycles. The molecular formula is C29H45N5O6. The van der Waals surface area contributed by atoms with Gasteiger partial charge in [0.05, 0.1) is 6.04 Å². The molecule has 3 fully saturated rings. The first-order chi connectivity index (χ1) is 18.6. The maximum atomic E-state index is 13.9. The zero-order valence-electron chi connectivity index (χ0n) is 24.5. The molecule has 0 spiro atoms. The highest BCUT2D eigenvalue weighted by atomic mass is 16.2. The summed E-state index contributed by atoms with van der Waals surface area (Å²) in [5, 5.41) is 8.23. The summed E-state index contributed by atoms with van der Waals surface area (Å²) in [5.41, 5.74) is 4.54. The fraction of sp³-hybridized carbons (Fsp3) is 0.724. The Bertz CT molecular complexity index is 1070. The third kappa shape index (κ3) is 7.28. The molecule has 5 amide bonds. The fourth-order valence-electron chi connectivity index (χ4n) is 6.08. The van der Waals surface area contributed by atoms with Crippen LogP contribution in [0.2, 0.25) is 0 Å². The molecule has 0 aromatic rings. The second kappa shape index (κ2) is 12.1. The minimum absolute atomic E-state index is 0.0379. The van der Waals surface area contributed by atoms with Crippen molar-refractivity contribution in [3.8, 4) is 0 Å². The van der Waals surface area contributed by atoms with Crippen molar-refractivity contribution in [2.75, 3.05) is 6.54 Å². The van der Waals surface area contributed by atoms with Crippen molar-refractivity contribution in [1.82, 2.24) is 20.9 Å². The third-order valence-electron chi connectivity index (χ3n) is 8.55. The Labute approximate surface area is 236 Å². The van der Waals surface area contributed by atoms with Crippen LogP contribution in [0, 0.1) is 23.2 Å². The van der Waals surface area contributed by atoms with Gasteiger partial charge < -0.3 is 26.6 Å². The average Bonchev–Trinajstić information content (AvgIpc) is 3.14. The number of carbonyl (C=O) groups is 6. The van der Waals surface area contributed by atoms with Gasteiger partial charge in [0, 0.05) is 18.5 Å². The number of ketones is 2. The Kier molecular flexibility index (Phi) is 9.46. The van der Waals surface area contributed by atoms with Crippen LogP contribution in [0.1, 0.15) is 80.1 Å². The summed E-state index contributed by atoms with van der Waals surface area (Å²) >= 11 is 0. The highest BCUT2D eigenvalue weighted by Crippen LogP contribution is 2.65. The van der Waals surface area contributed by atoms with E-state index < -0.39 is 53.2 Å². The maximum Gasteiger partial charge on any atom is 0.315 e. The average molecular weight is 560 g/mol. The summed E-state index contributed by atoms with van der Waals surface area (Å²) in [4.78, 5) is 78.3. The van der Waals surface area contributed by atoms with Crippen LogP contribution in [0.4, 0.5) is 4.79 Å². The molecule has 2 aliphatic carbocycles. The van der Waals surface area contributed by atoms with E-state index in [1.54, 1.807) is 13.0 Å². The number of allylic oxidation sites excluding steroid dienone is 2.